The lowest BCUT2D eigenvalue weighted by Crippen LogP contribution is -2.49. The molecular weight excluding hydrogens is 234 g/mol. The zero-order valence-electron chi connectivity index (χ0n) is 12.5. The van der Waals surface area contributed by atoms with Gasteiger partial charge in [0, 0.05) is 5.54 Å². The molecule has 0 amide bonds. The number of likely N-dealkylation sites (tertiary alicyclic amines) is 1. The summed E-state index contributed by atoms with van der Waals surface area (Å²) in [6.45, 7) is 8.65. The highest BCUT2D eigenvalue weighted by molar-refractivity contribution is 5.29. The third-order valence-electron chi connectivity index (χ3n) is 4.57. The van der Waals surface area contributed by atoms with Gasteiger partial charge in [0.25, 0.3) is 0 Å². The molecule has 1 saturated heterocycles. The molecule has 19 heavy (non-hydrogen) atoms. The summed E-state index contributed by atoms with van der Waals surface area (Å²) in [4.78, 5) is 2.47. The molecule has 1 aromatic carbocycles. The molecule has 1 N–H and O–H groups in total. The predicted molar refractivity (Wildman–Crippen MR) is 80.3 cm³/mol. The van der Waals surface area contributed by atoms with E-state index in [0.717, 1.165) is 18.7 Å². The zero-order valence-corrected chi connectivity index (χ0v) is 12.5. The van der Waals surface area contributed by atoms with Crippen molar-refractivity contribution in [2.24, 2.45) is 0 Å². The van der Waals surface area contributed by atoms with Gasteiger partial charge < -0.3 is 5.11 Å². The summed E-state index contributed by atoms with van der Waals surface area (Å²) in [6, 6.07) is 8.19. The highest BCUT2D eigenvalue weighted by Crippen LogP contribution is 2.33. The van der Waals surface area contributed by atoms with Crippen LogP contribution in [0.1, 0.15) is 56.8 Å². The van der Waals surface area contributed by atoms with E-state index in [-0.39, 0.29) is 5.54 Å². The lowest BCUT2D eigenvalue weighted by molar-refractivity contribution is -0.0103. The van der Waals surface area contributed by atoms with Gasteiger partial charge in [-0.2, -0.15) is 0 Å². The summed E-state index contributed by atoms with van der Waals surface area (Å²) in [6.07, 6.45) is 4.74. The van der Waals surface area contributed by atoms with Crippen LogP contribution in [0, 0.1) is 6.92 Å². The molecule has 0 aliphatic carbocycles. The second-order valence-corrected chi connectivity index (χ2v) is 6.31. The van der Waals surface area contributed by atoms with E-state index < -0.39 is 6.10 Å². The molecular formula is C17H27NO. The van der Waals surface area contributed by atoms with Gasteiger partial charge in [-0.3, -0.25) is 4.90 Å². The summed E-state index contributed by atoms with van der Waals surface area (Å²) in [5.41, 5.74) is 2.05. The number of rotatable bonds is 3. The first-order valence-electron chi connectivity index (χ1n) is 7.52. The number of hydrogen-bond acceptors (Lipinski definition) is 2. The fraction of sp³-hybridized carbons (Fsp3) is 0.647. The van der Waals surface area contributed by atoms with Gasteiger partial charge in [-0.05, 0) is 57.8 Å². The van der Waals surface area contributed by atoms with E-state index in [9.17, 15) is 5.11 Å². The first-order valence-corrected chi connectivity index (χ1v) is 7.52. The minimum Gasteiger partial charge on any atom is -0.386 e. The maximum atomic E-state index is 10.8. The SMILES string of the molecule is Cc1ccccc1C(O)C(C)(C)N1CCCCCC1. The fourth-order valence-electron chi connectivity index (χ4n) is 3.09. The quantitative estimate of drug-likeness (QED) is 0.897. The van der Waals surface area contributed by atoms with Gasteiger partial charge in [0.05, 0.1) is 6.10 Å². The Kier molecular flexibility index (Phi) is 4.64. The lowest BCUT2D eigenvalue weighted by atomic mass is 9.87. The Bertz CT molecular complexity index is 405. The summed E-state index contributed by atoms with van der Waals surface area (Å²) in [5.74, 6) is 0. The average Bonchev–Trinajstić information content (AvgIpc) is 2.67. The normalized spacial score (nSPS) is 20.0. The largest absolute Gasteiger partial charge is 0.386 e. The van der Waals surface area contributed by atoms with Crippen LogP contribution in [-0.4, -0.2) is 28.6 Å². The first-order chi connectivity index (χ1) is 9.03. The van der Waals surface area contributed by atoms with Crippen molar-refractivity contribution in [3.05, 3.63) is 35.4 Å². The van der Waals surface area contributed by atoms with Crippen molar-refractivity contribution >= 4 is 0 Å². The molecule has 0 bridgehead atoms. The second-order valence-electron chi connectivity index (χ2n) is 6.31. The maximum Gasteiger partial charge on any atom is 0.0970 e. The van der Waals surface area contributed by atoms with Gasteiger partial charge in [-0.15, -0.1) is 0 Å². The molecule has 2 heteroatoms. The van der Waals surface area contributed by atoms with Crippen LogP contribution in [0.25, 0.3) is 0 Å². The van der Waals surface area contributed by atoms with Crippen LogP contribution >= 0.6 is 0 Å². The zero-order chi connectivity index (χ0) is 13.9. The first kappa shape index (κ1) is 14.5. The van der Waals surface area contributed by atoms with E-state index in [1.165, 1.54) is 31.2 Å². The number of aliphatic hydroxyl groups excluding tert-OH is 1. The van der Waals surface area contributed by atoms with Crippen LogP contribution in [-0.2, 0) is 0 Å². The smallest absolute Gasteiger partial charge is 0.0970 e. The van der Waals surface area contributed by atoms with Crippen LogP contribution in [0.4, 0.5) is 0 Å². The summed E-state index contributed by atoms with van der Waals surface area (Å²) >= 11 is 0. The third kappa shape index (κ3) is 3.18. The molecule has 1 unspecified atom stereocenters. The van der Waals surface area contributed by atoms with Crippen molar-refractivity contribution < 1.29 is 5.11 Å². The molecule has 1 aromatic rings. The Morgan fingerprint density at radius 3 is 2.21 bits per heavy atom. The number of nitrogens with zero attached hydrogens (tertiary/aromatic N) is 1. The van der Waals surface area contributed by atoms with E-state index in [2.05, 4.69) is 37.8 Å². The van der Waals surface area contributed by atoms with Gasteiger partial charge in [-0.1, -0.05) is 37.1 Å². The molecule has 1 atom stereocenters. The Hall–Kier alpha value is -0.860. The predicted octanol–water partition coefficient (Wildman–Crippen LogP) is 3.68. The van der Waals surface area contributed by atoms with Crippen molar-refractivity contribution in [3.8, 4) is 0 Å². The Morgan fingerprint density at radius 1 is 1.05 bits per heavy atom. The molecule has 0 radical (unpaired) electrons. The minimum atomic E-state index is -0.424. The molecule has 1 aliphatic rings. The van der Waals surface area contributed by atoms with Gasteiger partial charge in [0.15, 0.2) is 0 Å². The van der Waals surface area contributed by atoms with Crippen LogP contribution in [0.2, 0.25) is 0 Å². The van der Waals surface area contributed by atoms with Gasteiger partial charge in [0.1, 0.15) is 0 Å². The highest BCUT2D eigenvalue weighted by Gasteiger charge is 2.35. The van der Waals surface area contributed by atoms with E-state index in [1.807, 2.05) is 12.1 Å². The molecule has 1 fully saturated rings. The molecule has 2 nitrogen and oxygen atoms in total. The minimum absolute atomic E-state index is 0.198. The van der Waals surface area contributed by atoms with Crippen molar-refractivity contribution in [3.63, 3.8) is 0 Å². The summed E-state index contributed by atoms with van der Waals surface area (Å²) in [5, 5.41) is 10.8. The summed E-state index contributed by atoms with van der Waals surface area (Å²) < 4.78 is 0. The Labute approximate surface area is 117 Å². The number of aryl methyl sites for hydroxylation is 1. The fourth-order valence-corrected chi connectivity index (χ4v) is 3.09. The molecule has 106 valence electrons. The van der Waals surface area contributed by atoms with E-state index in [4.69, 9.17) is 0 Å². The maximum absolute atomic E-state index is 10.8. The average molecular weight is 261 g/mol. The van der Waals surface area contributed by atoms with Crippen molar-refractivity contribution in [1.82, 2.24) is 4.90 Å². The van der Waals surface area contributed by atoms with Gasteiger partial charge in [0.2, 0.25) is 0 Å². The Morgan fingerprint density at radius 2 is 1.63 bits per heavy atom. The third-order valence-corrected chi connectivity index (χ3v) is 4.57. The van der Waals surface area contributed by atoms with Crippen molar-refractivity contribution in [1.29, 1.82) is 0 Å². The van der Waals surface area contributed by atoms with Crippen molar-refractivity contribution in [2.75, 3.05) is 13.1 Å². The van der Waals surface area contributed by atoms with Crippen molar-refractivity contribution in [2.45, 2.75) is 58.1 Å². The van der Waals surface area contributed by atoms with Gasteiger partial charge in [-0.25, -0.2) is 0 Å². The molecule has 1 aliphatic heterocycles. The monoisotopic (exact) mass is 261 g/mol. The number of benzene rings is 1. The van der Waals surface area contributed by atoms with Crippen LogP contribution in [0.15, 0.2) is 24.3 Å². The van der Waals surface area contributed by atoms with E-state index in [1.54, 1.807) is 0 Å². The summed E-state index contributed by atoms with van der Waals surface area (Å²) in [7, 11) is 0. The molecule has 0 saturated carbocycles. The lowest BCUT2D eigenvalue weighted by Gasteiger charge is -2.42. The van der Waals surface area contributed by atoms with Crippen LogP contribution in [0.3, 0.4) is 0 Å². The number of aliphatic hydroxyl groups is 1. The molecule has 2 rings (SSSR count). The number of hydrogen-bond donors (Lipinski definition) is 1. The van der Waals surface area contributed by atoms with E-state index >= 15 is 0 Å². The highest BCUT2D eigenvalue weighted by atomic mass is 16.3. The second kappa shape index (κ2) is 6.06. The molecule has 0 aromatic heterocycles. The Balaban J connectivity index is 2.20. The standard InChI is InChI=1S/C17H27NO/c1-14-10-6-7-11-15(14)16(19)17(2,3)18-12-8-4-5-9-13-18/h6-7,10-11,16,19H,4-5,8-9,12-13H2,1-3H3. The molecule has 0 spiro atoms. The van der Waals surface area contributed by atoms with Crippen LogP contribution in [0.5, 0.6) is 0 Å². The van der Waals surface area contributed by atoms with Crippen LogP contribution < -0.4 is 0 Å². The topological polar surface area (TPSA) is 23.5 Å². The van der Waals surface area contributed by atoms with E-state index in [0.29, 0.717) is 0 Å². The molecule has 1 heterocycles. The van der Waals surface area contributed by atoms with Gasteiger partial charge >= 0.3 is 0 Å².